The molecule has 46 heavy (non-hydrogen) atoms. The predicted molar refractivity (Wildman–Crippen MR) is 192 cm³/mol. The first-order valence-corrected chi connectivity index (χ1v) is 17.0. The molecule has 2 saturated carbocycles. The number of fused-ring (bicyclic) bond motifs is 13. The van der Waals surface area contributed by atoms with Crippen molar-refractivity contribution in [1.29, 1.82) is 0 Å². The van der Waals surface area contributed by atoms with Crippen LogP contribution < -0.4 is 26.2 Å². The van der Waals surface area contributed by atoms with E-state index in [4.69, 9.17) is 0 Å². The first-order chi connectivity index (χ1) is 22.8. The maximum absolute atomic E-state index is 2.65. The van der Waals surface area contributed by atoms with Crippen molar-refractivity contribution in [3.8, 4) is 11.1 Å². The molecule has 1 unspecified atom stereocenters. The number of hydrogen-bond donors (Lipinski definition) is 0. The molecule has 218 valence electrons. The fraction of sp³-hybridized carbons (Fsp3) is 0.163. The Morgan fingerprint density at radius 3 is 1.98 bits per heavy atom. The minimum absolute atomic E-state index is 0.0760. The van der Waals surface area contributed by atoms with Crippen molar-refractivity contribution in [3.63, 3.8) is 0 Å². The van der Waals surface area contributed by atoms with E-state index in [9.17, 15) is 0 Å². The van der Waals surface area contributed by atoms with Crippen molar-refractivity contribution in [2.24, 2.45) is 11.8 Å². The molecular formula is C43H33BN2. The van der Waals surface area contributed by atoms with E-state index in [2.05, 4.69) is 149 Å². The molecular weight excluding hydrogens is 555 g/mol. The summed E-state index contributed by atoms with van der Waals surface area (Å²) in [4.78, 5) is 5.14. The van der Waals surface area contributed by atoms with Crippen LogP contribution in [0.4, 0.5) is 34.1 Å². The molecule has 2 aliphatic heterocycles. The molecule has 3 atom stereocenters. The summed E-state index contributed by atoms with van der Waals surface area (Å²) >= 11 is 0. The number of anilines is 6. The molecule has 2 nitrogen and oxygen atoms in total. The van der Waals surface area contributed by atoms with Crippen LogP contribution in [-0.2, 0) is 5.41 Å². The molecule has 2 heterocycles. The average Bonchev–Trinajstić information content (AvgIpc) is 3.82. The quantitative estimate of drug-likeness (QED) is 0.186. The van der Waals surface area contributed by atoms with Gasteiger partial charge >= 0.3 is 0 Å². The van der Waals surface area contributed by atoms with Crippen molar-refractivity contribution in [1.82, 2.24) is 0 Å². The van der Waals surface area contributed by atoms with E-state index < -0.39 is 0 Å². The molecule has 0 aromatic heterocycles. The second-order valence-electron chi connectivity index (χ2n) is 14.1. The highest BCUT2D eigenvalue weighted by atomic mass is 15.2. The third-order valence-electron chi connectivity index (χ3n) is 12.1. The summed E-state index contributed by atoms with van der Waals surface area (Å²) in [6.45, 7) is 0.155. The van der Waals surface area contributed by atoms with Gasteiger partial charge in [0.05, 0.1) is 0 Å². The smallest absolute Gasteiger partial charge is 0.252 e. The van der Waals surface area contributed by atoms with Gasteiger partial charge in [0.25, 0.3) is 6.71 Å². The van der Waals surface area contributed by atoms with Gasteiger partial charge in [-0.3, -0.25) is 0 Å². The Kier molecular flexibility index (Phi) is 4.95. The van der Waals surface area contributed by atoms with Gasteiger partial charge in [-0.05, 0) is 112 Å². The summed E-state index contributed by atoms with van der Waals surface area (Å²) in [6, 6.07) is 52.6. The molecule has 2 bridgehead atoms. The lowest BCUT2D eigenvalue weighted by atomic mass is 9.33. The predicted octanol–water partition coefficient (Wildman–Crippen LogP) is 8.86. The summed E-state index contributed by atoms with van der Waals surface area (Å²) < 4.78 is 0. The molecule has 0 N–H and O–H groups in total. The maximum atomic E-state index is 2.65. The van der Waals surface area contributed by atoms with Crippen LogP contribution in [0, 0.1) is 11.8 Å². The summed E-state index contributed by atoms with van der Waals surface area (Å²) in [6.07, 6.45) is 5.36. The molecule has 0 saturated heterocycles. The summed E-state index contributed by atoms with van der Waals surface area (Å²) in [7, 11) is 0. The molecule has 6 aromatic rings. The lowest BCUT2D eigenvalue weighted by Gasteiger charge is -2.47. The Morgan fingerprint density at radius 2 is 1.22 bits per heavy atom. The molecule has 5 aliphatic rings. The lowest BCUT2D eigenvalue weighted by molar-refractivity contribution is 0.327. The van der Waals surface area contributed by atoms with Crippen LogP contribution in [0.1, 0.15) is 36.8 Å². The zero-order chi connectivity index (χ0) is 30.0. The van der Waals surface area contributed by atoms with Crippen molar-refractivity contribution < 1.29 is 0 Å². The Balaban J connectivity index is 1.27. The monoisotopic (exact) mass is 588 g/mol. The van der Waals surface area contributed by atoms with E-state index in [0.29, 0.717) is 5.92 Å². The van der Waals surface area contributed by atoms with Crippen LogP contribution in [0.5, 0.6) is 0 Å². The zero-order valence-corrected chi connectivity index (χ0v) is 25.7. The molecule has 0 radical (unpaired) electrons. The maximum Gasteiger partial charge on any atom is 0.252 e. The molecule has 3 aliphatic carbocycles. The zero-order valence-electron chi connectivity index (χ0n) is 25.7. The van der Waals surface area contributed by atoms with E-state index in [1.807, 2.05) is 0 Å². The number of para-hydroxylation sites is 3. The van der Waals surface area contributed by atoms with Gasteiger partial charge in [0, 0.05) is 39.5 Å². The van der Waals surface area contributed by atoms with E-state index in [-0.39, 0.29) is 12.1 Å². The summed E-state index contributed by atoms with van der Waals surface area (Å²) in [5.74, 6) is 1.52. The second-order valence-corrected chi connectivity index (χ2v) is 14.1. The molecule has 3 heteroatoms. The highest BCUT2D eigenvalue weighted by Crippen LogP contribution is 2.67. The van der Waals surface area contributed by atoms with Gasteiger partial charge in [0.2, 0.25) is 0 Å². The van der Waals surface area contributed by atoms with Gasteiger partial charge in [-0.25, -0.2) is 0 Å². The van der Waals surface area contributed by atoms with Crippen LogP contribution in [0.25, 0.3) is 11.1 Å². The molecule has 11 rings (SSSR count). The molecule has 1 spiro atoms. The van der Waals surface area contributed by atoms with Gasteiger partial charge in [0.15, 0.2) is 0 Å². The van der Waals surface area contributed by atoms with Gasteiger partial charge in [-0.15, -0.1) is 0 Å². The van der Waals surface area contributed by atoms with Gasteiger partial charge in [-0.2, -0.15) is 0 Å². The molecule has 6 aromatic carbocycles. The minimum atomic E-state index is 0.0760. The lowest BCUT2D eigenvalue weighted by Crippen LogP contribution is -2.61. The van der Waals surface area contributed by atoms with Crippen LogP contribution in [0.2, 0.25) is 0 Å². The fourth-order valence-corrected chi connectivity index (χ4v) is 10.6. The Bertz CT molecular complexity index is 2210. The second kappa shape index (κ2) is 9.04. The average molecular weight is 589 g/mol. The van der Waals surface area contributed by atoms with E-state index in [1.54, 1.807) is 11.1 Å². The number of hydrogen-bond acceptors (Lipinski definition) is 2. The Morgan fingerprint density at radius 1 is 0.543 bits per heavy atom. The first kappa shape index (κ1) is 25.2. The van der Waals surface area contributed by atoms with E-state index in [0.717, 1.165) is 5.92 Å². The fourth-order valence-electron chi connectivity index (χ4n) is 10.6. The van der Waals surface area contributed by atoms with E-state index in [1.165, 1.54) is 87.3 Å². The third kappa shape index (κ3) is 3.04. The summed E-state index contributed by atoms with van der Waals surface area (Å²) in [5.41, 5.74) is 18.1. The van der Waals surface area contributed by atoms with Crippen molar-refractivity contribution >= 4 is 57.2 Å². The van der Waals surface area contributed by atoms with Crippen molar-refractivity contribution in [2.45, 2.75) is 31.1 Å². The highest BCUT2D eigenvalue weighted by molar-refractivity contribution is 7.00. The highest BCUT2D eigenvalue weighted by Gasteiger charge is 2.59. The minimum Gasteiger partial charge on any atom is -0.311 e. The van der Waals surface area contributed by atoms with E-state index >= 15 is 0 Å². The standard InChI is InChI=1S/C43H33BN2/c1-3-12-30(13-4-1)45-37-19-10-9-18-35(37)44-36-25-24-33-32-16-7-8-17-34(32)43(27-28-22-23-29(43)26-28)40(33)42(36)46(31-14-5-2-6-15-31)39-21-11-20-38(45)41(39)44/h1-21,24-25,28-29H,22-23,26-27H2/t28-,29?,43-/m1/s1. The SMILES string of the molecule is c1ccc(N2c3ccccc3B3c4ccc5c(c4N(c4ccccc4)c4cccc2c43)[C@@]2(C[C@@H]3CCC2C3)c2ccccc2-5)cc1. The van der Waals surface area contributed by atoms with Gasteiger partial charge < -0.3 is 9.80 Å². The Hall–Kier alpha value is -5.02. The van der Waals surface area contributed by atoms with Crippen LogP contribution >= 0.6 is 0 Å². The largest absolute Gasteiger partial charge is 0.311 e. The van der Waals surface area contributed by atoms with Crippen LogP contribution in [-0.4, -0.2) is 6.71 Å². The molecule has 0 amide bonds. The van der Waals surface area contributed by atoms with Gasteiger partial charge in [-0.1, -0.05) is 103 Å². The first-order valence-electron chi connectivity index (χ1n) is 17.0. The molecule has 2 fully saturated rings. The normalized spacial score (nSPS) is 22.4. The van der Waals surface area contributed by atoms with Crippen molar-refractivity contribution in [3.05, 3.63) is 151 Å². The Labute approximate surface area is 271 Å². The van der Waals surface area contributed by atoms with Gasteiger partial charge in [0.1, 0.15) is 0 Å². The number of nitrogens with zero attached hydrogens (tertiary/aromatic N) is 2. The van der Waals surface area contributed by atoms with Crippen LogP contribution in [0.3, 0.4) is 0 Å². The third-order valence-corrected chi connectivity index (χ3v) is 12.1. The van der Waals surface area contributed by atoms with Crippen LogP contribution in [0.15, 0.2) is 140 Å². The number of benzene rings is 6. The number of rotatable bonds is 2. The summed E-state index contributed by atoms with van der Waals surface area (Å²) in [5, 5.41) is 0. The van der Waals surface area contributed by atoms with Crippen molar-refractivity contribution in [2.75, 3.05) is 9.80 Å². The topological polar surface area (TPSA) is 6.48 Å².